The van der Waals surface area contributed by atoms with E-state index in [2.05, 4.69) is 10.6 Å². The van der Waals surface area contributed by atoms with Crippen LogP contribution >= 0.6 is 23.2 Å². The summed E-state index contributed by atoms with van der Waals surface area (Å²) in [5.74, 6) is -1.47. The van der Waals surface area contributed by atoms with E-state index in [0.29, 0.717) is 35.9 Å². The molecule has 8 heteroatoms. The number of carbonyl (C=O) groups excluding carboxylic acids is 3. The van der Waals surface area contributed by atoms with Crippen LogP contribution in [0.5, 0.6) is 0 Å². The first-order valence-corrected chi connectivity index (χ1v) is 11.5. The number of allylic oxidation sites excluding steroid dienone is 2. The summed E-state index contributed by atoms with van der Waals surface area (Å²) in [4.78, 5) is 37.6. The van der Waals surface area contributed by atoms with Crippen LogP contribution < -0.4 is 10.6 Å². The maximum atomic E-state index is 12.8. The molecule has 0 bridgehead atoms. The molecule has 2 atom stereocenters. The molecule has 2 N–H and O–H groups in total. The van der Waals surface area contributed by atoms with Gasteiger partial charge in [-0.25, -0.2) is 0 Å². The van der Waals surface area contributed by atoms with E-state index in [1.54, 1.807) is 36.4 Å². The fraction of sp³-hybridized carbons (Fsp3) is 0.320. The predicted molar refractivity (Wildman–Crippen MR) is 128 cm³/mol. The van der Waals surface area contributed by atoms with Crippen molar-refractivity contribution < 1.29 is 19.1 Å². The summed E-state index contributed by atoms with van der Waals surface area (Å²) in [5.41, 5.74) is 1.70. The van der Waals surface area contributed by atoms with Crippen molar-refractivity contribution in [1.82, 2.24) is 10.6 Å². The van der Waals surface area contributed by atoms with Crippen LogP contribution in [0.3, 0.4) is 0 Å². The Kier molecular flexibility index (Phi) is 9.34. The fourth-order valence-electron chi connectivity index (χ4n) is 3.42. The number of ether oxygens (including phenoxy) is 1. The van der Waals surface area contributed by atoms with Crippen molar-refractivity contribution in [3.05, 3.63) is 81.9 Å². The largest absolute Gasteiger partial charge is 0.463 e. The number of esters is 1. The molecule has 2 aromatic rings. The zero-order valence-electron chi connectivity index (χ0n) is 18.1. The van der Waals surface area contributed by atoms with Gasteiger partial charge in [0, 0.05) is 29.4 Å². The van der Waals surface area contributed by atoms with Gasteiger partial charge in [0.15, 0.2) is 0 Å². The Labute approximate surface area is 203 Å². The molecule has 3 rings (SSSR count). The lowest BCUT2D eigenvalue weighted by atomic mass is 9.99. The van der Waals surface area contributed by atoms with E-state index in [1.165, 1.54) is 0 Å². The molecule has 0 radical (unpaired) electrons. The standard InChI is InChI=1S/C25H26Cl2N2O4/c26-20-10-6-17(7-11-20)15-28-24(31)14-19-4-2-1-3-5-23(30)29-22(16-33-25(19)32)18-8-12-21(27)13-9-18/h1-2,6-13,19,22H,3-5,14-16H2,(H,28,31)(H,29,30)/b2-1+/t19-,22-/m0/s1. The lowest BCUT2D eigenvalue weighted by molar-refractivity contribution is -0.151. The van der Waals surface area contributed by atoms with Gasteiger partial charge in [-0.1, -0.05) is 59.6 Å². The summed E-state index contributed by atoms with van der Waals surface area (Å²) >= 11 is 11.8. The average Bonchev–Trinajstić information content (AvgIpc) is 2.80. The van der Waals surface area contributed by atoms with Gasteiger partial charge in [-0.3, -0.25) is 14.4 Å². The maximum absolute atomic E-state index is 12.8. The van der Waals surface area contributed by atoms with Crippen molar-refractivity contribution in [3.63, 3.8) is 0 Å². The summed E-state index contributed by atoms with van der Waals surface area (Å²) in [5, 5.41) is 6.94. The molecule has 1 aliphatic rings. The van der Waals surface area contributed by atoms with Crippen LogP contribution in [0.25, 0.3) is 0 Å². The van der Waals surface area contributed by atoms with Crippen molar-refractivity contribution >= 4 is 41.0 Å². The van der Waals surface area contributed by atoms with E-state index in [0.717, 1.165) is 11.1 Å². The van der Waals surface area contributed by atoms with Gasteiger partial charge < -0.3 is 15.4 Å². The molecule has 0 saturated carbocycles. The maximum Gasteiger partial charge on any atom is 0.309 e. The number of carbonyl (C=O) groups is 3. The predicted octanol–water partition coefficient (Wildman–Crippen LogP) is 4.76. The minimum absolute atomic E-state index is 0.00866. The van der Waals surface area contributed by atoms with Gasteiger partial charge in [0.1, 0.15) is 6.61 Å². The van der Waals surface area contributed by atoms with Gasteiger partial charge in [0.05, 0.1) is 12.0 Å². The van der Waals surface area contributed by atoms with Gasteiger partial charge in [0.2, 0.25) is 11.8 Å². The molecule has 1 aliphatic heterocycles. The summed E-state index contributed by atoms with van der Waals surface area (Å²) in [7, 11) is 0. The molecule has 0 aromatic heterocycles. The van der Waals surface area contributed by atoms with Crippen LogP contribution in [0.1, 0.15) is 42.9 Å². The third kappa shape index (κ3) is 8.22. The smallest absolute Gasteiger partial charge is 0.309 e. The quantitative estimate of drug-likeness (QED) is 0.469. The molecule has 2 aromatic carbocycles. The summed E-state index contributed by atoms with van der Waals surface area (Å²) in [6, 6.07) is 13.7. The topological polar surface area (TPSA) is 84.5 Å². The molecule has 0 aliphatic carbocycles. The van der Waals surface area contributed by atoms with Crippen LogP contribution in [0.4, 0.5) is 0 Å². The minimum atomic E-state index is -0.618. The summed E-state index contributed by atoms with van der Waals surface area (Å²) < 4.78 is 5.53. The number of benzene rings is 2. The van der Waals surface area contributed by atoms with Crippen molar-refractivity contribution in [2.45, 2.75) is 38.3 Å². The van der Waals surface area contributed by atoms with Crippen LogP contribution in [-0.2, 0) is 25.7 Å². The molecule has 174 valence electrons. The second-order valence-electron chi connectivity index (χ2n) is 7.85. The highest BCUT2D eigenvalue weighted by molar-refractivity contribution is 6.30. The average molecular weight is 489 g/mol. The van der Waals surface area contributed by atoms with E-state index in [4.69, 9.17) is 27.9 Å². The second kappa shape index (κ2) is 12.4. The second-order valence-corrected chi connectivity index (χ2v) is 8.72. The molecular formula is C25H26Cl2N2O4. The Morgan fingerprint density at radius 2 is 1.67 bits per heavy atom. The summed E-state index contributed by atoms with van der Waals surface area (Å²) in [6.45, 7) is 0.317. The van der Waals surface area contributed by atoms with E-state index in [-0.39, 0.29) is 24.8 Å². The highest BCUT2D eigenvalue weighted by atomic mass is 35.5. The molecule has 0 unspecified atom stereocenters. The number of hydrogen-bond donors (Lipinski definition) is 2. The third-order valence-corrected chi connectivity index (χ3v) is 5.80. The molecular weight excluding hydrogens is 463 g/mol. The zero-order valence-corrected chi connectivity index (χ0v) is 19.6. The lowest BCUT2D eigenvalue weighted by Gasteiger charge is -2.22. The Balaban J connectivity index is 1.64. The molecule has 2 amide bonds. The highest BCUT2D eigenvalue weighted by Gasteiger charge is 2.25. The van der Waals surface area contributed by atoms with Gasteiger partial charge in [0.25, 0.3) is 0 Å². The highest BCUT2D eigenvalue weighted by Crippen LogP contribution is 2.20. The van der Waals surface area contributed by atoms with Gasteiger partial charge in [-0.2, -0.15) is 0 Å². The first kappa shape index (κ1) is 24.8. The Morgan fingerprint density at radius 1 is 1.00 bits per heavy atom. The van der Waals surface area contributed by atoms with Gasteiger partial charge in [-0.15, -0.1) is 0 Å². The van der Waals surface area contributed by atoms with Crippen LogP contribution in [-0.4, -0.2) is 24.4 Å². The van der Waals surface area contributed by atoms with Crippen molar-refractivity contribution in [3.8, 4) is 0 Å². The van der Waals surface area contributed by atoms with Crippen LogP contribution in [0, 0.1) is 5.92 Å². The molecule has 0 fully saturated rings. The Morgan fingerprint density at radius 3 is 2.36 bits per heavy atom. The van der Waals surface area contributed by atoms with Crippen molar-refractivity contribution in [2.24, 2.45) is 5.92 Å². The van der Waals surface area contributed by atoms with Gasteiger partial charge in [-0.05, 0) is 48.2 Å². The Hall–Kier alpha value is -2.83. The van der Waals surface area contributed by atoms with Gasteiger partial charge >= 0.3 is 5.97 Å². The van der Waals surface area contributed by atoms with E-state index < -0.39 is 17.9 Å². The third-order valence-electron chi connectivity index (χ3n) is 5.29. The number of rotatable bonds is 5. The molecule has 33 heavy (non-hydrogen) atoms. The zero-order chi connectivity index (χ0) is 23.6. The van der Waals surface area contributed by atoms with E-state index >= 15 is 0 Å². The van der Waals surface area contributed by atoms with E-state index in [9.17, 15) is 14.4 Å². The number of nitrogens with one attached hydrogen (secondary N) is 2. The molecule has 6 nitrogen and oxygen atoms in total. The van der Waals surface area contributed by atoms with Crippen LogP contribution in [0.15, 0.2) is 60.7 Å². The lowest BCUT2D eigenvalue weighted by Crippen LogP contribution is -2.34. The molecule has 1 heterocycles. The van der Waals surface area contributed by atoms with E-state index in [1.807, 2.05) is 24.3 Å². The molecule has 0 spiro atoms. The number of hydrogen-bond acceptors (Lipinski definition) is 4. The number of halogens is 2. The van der Waals surface area contributed by atoms with Crippen molar-refractivity contribution in [1.29, 1.82) is 0 Å². The SMILES string of the molecule is O=C(C[C@@H]1C/C=C/CCC(=O)N[C@H](c2ccc(Cl)cc2)COC1=O)NCc1ccc(Cl)cc1. The fourth-order valence-corrected chi connectivity index (χ4v) is 3.67. The molecule has 0 saturated heterocycles. The monoisotopic (exact) mass is 488 g/mol. The van der Waals surface area contributed by atoms with Crippen LogP contribution in [0.2, 0.25) is 10.0 Å². The summed E-state index contributed by atoms with van der Waals surface area (Å²) in [6.07, 6.45) is 4.91. The number of amides is 2. The Bertz CT molecular complexity index is 990. The number of cyclic esters (lactones) is 1. The first-order chi connectivity index (χ1) is 15.9. The first-order valence-electron chi connectivity index (χ1n) is 10.8. The van der Waals surface area contributed by atoms with Crippen molar-refractivity contribution in [2.75, 3.05) is 6.61 Å². The minimum Gasteiger partial charge on any atom is -0.463 e. The normalized spacial score (nSPS) is 20.5.